The molecule has 1 aliphatic rings. The smallest absolute Gasteiger partial charge is 0.262 e. The van der Waals surface area contributed by atoms with Gasteiger partial charge in [0.2, 0.25) is 5.91 Å². The Morgan fingerprint density at radius 1 is 1.06 bits per heavy atom. The monoisotopic (exact) mass is 429 g/mol. The Labute approximate surface area is 184 Å². The number of H-pyrrole nitrogens is 1. The summed E-state index contributed by atoms with van der Waals surface area (Å²) in [5.74, 6) is -0.376. The highest BCUT2D eigenvalue weighted by Gasteiger charge is 2.29. The van der Waals surface area contributed by atoms with Crippen molar-refractivity contribution in [2.24, 2.45) is 0 Å². The van der Waals surface area contributed by atoms with Crippen LogP contribution in [-0.2, 0) is 17.6 Å². The topological polar surface area (TPSA) is 74.0 Å². The maximum Gasteiger partial charge on any atom is 0.262 e. The van der Waals surface area contributed by atoms with Crippen LogP contribution in [0.25, 0.3) is 10.9 Å². The molecule has 0 fully saturated rings. The fraction of sp³-hybridized carbons (Fsp3) is 0.200. The molecule has 2 aromatic carbocycles. The molecule has 0 bridgehead atoms. The van der Waals surface area contributed by atoms with Gasteiger partial charge in [-0.2, -0.15) is 0 Å². The molecule has 0 radical (unpaired) electrons. The molecular formula is C25H23N3O2S. The molecule has 5 rings (SSSR count). The Kier molecular flexibility index (Phi) is 5.30. The van der Waals surface area contributed by atoms with E-state index in [1.807, 2.05) is 54.0 Å². The average Bonchev–Trinajstić information content (AvgIpc) is 3.54. The number of aryl methyl sites for hydroxylation is 1. The third-order valence-electron chi connectivity index (χ3n) is 5.92. The number of carbonyl (C=O) groups is 2. The number of thiophene rings is 1. The van der Waals surface area contributed by atoms with Crippen molar-refractivity contribution in [1.29, 1.82) is 0 Å². The lowest BCUT2D eigenvalue weighted by molar-refractivity contribution is -0.123. The fourth-order valence-electron chi connectivity index (χ4n) is 4.35. The lowest BCUT2D eigenvalue weighted by Gasteiger charge is -2.21. The highest BCUT2D eigenvalue weighted by molar-refractivity contribution is 7.12. The van der Waals surface area contributed by atoms with Gasteiger partial charge in [-0.25, -0.2) is 0 Å². The van der Waals surface area contributed by atoms with Crippen LogP contribution in [0.2, 0.25) is 0 Å². The SMILES string of the molecule is O=C(N[C@@H](Cc1c[nH]c2ccccc12)C(=O)NC1CCc2ccccc21)c1cccs1. The molecule has 1 unspecified atom stereocenters. The van der Waals surface area contributed by atoms with Crippen LogP contribution in [0.5, 0.6) is 0 Å². The summed E-state index contributed by atoms with van der Waals surface area (Å²) in [4.78, 5) is 30.0. The Morgan fingerprint density at radius 2 is 1.90 bits per heavy atom. The van der Waals surface area contributed by atoms with E-state index in [0.717, 1.165) is 29.3 Å². The maximum atomic E-state index is 13.3. The van der Waals surface area contributed by atoms with E-state index in [0.29, 0.717) is 11.3 Å². The average molecular weight is 430 g/mol. The molecule has 4 aromatic rings. The van der Waals surface area contributed by atoms with Crippen molar-refractivity contribution in [2.45, 2.75) is 31.3 Å². The number of fused-ring (bicyclic) bond motifs is 2. The van der Waals surface area contributed by atoms with Crippen LogP contribution in [0.3, 0.4) is 0 Å². The Hall–Kier alpha value is -3.38. The van der Waals surface area contributed by atoms with Crippen LogP contribution >= 0.6 is 11.3 Å². The molecule has 2 atom stereocenters. The molecule has 0 spiro atoms. The van der Waals surface area contributed by atoms with E-state index in [2.05, 4.69) is 27.8 Å². The summed E-state index contributed by atoms with van der Waals surface area (Å²) < 4.78 is 0. The van der Waals surface area contributed by atoms with E-state index in [9.17, 15) is 9.59 Å². The number of carbonyl (C=O) groups excluding carboxylic acids is 2. The summed E-state index contributed by atoms with van der Waals surface area (Å²) in [6, 6.07) is 19.1. The minimum absolute atomic E-state index is 0.0205. The number of aromatic nitrogens is 1. The van der Waals surface area contributed by atoms with Crippen LogP contribution < -0.4 is 10.6 Å². The van der Waals surface area contributed by atoms with E-state index in [1.54, 1.807) is 6.07 Å². The van der Waals surface area contributed by atoms with E-state index in [-0.39, 0.29) is 17.9 Å². The summed E-state index contributed by atoms with van der Waals surface area (Å²) in [5.41, 5.74) is 4.48. The van der Waals surface area contributed by atoms with Crippen molar-refractivity contribution < 1.29 is 9.59 Å². The van der Waals surface area contributed by atoms with Gasteiger partial charge in [0.15, 0.2) is 0 Å². The third-order valence-corrected chi connectivity index (χ3v) is 6.78. The van der Waals surface area contributed by atoms with Crippen LogP contribution in [0.1, 0.15) is 38.8 Å². The van der Waals surface area contributed by atoms with Crippen molar-refractivity contribution in [3.63, 3.8) is 0 Å². The molecule has 0 saturated heterocycles. The predicted octanol–water partition coefficient (Wildman–Crippen LogP) is 4.37. The minimum Gasteiger partial charge on any atom is -0.361 e. The van der Waals surface area contributed by atoms with Crippen molar-refractivity contribution in [3.05, 3.63) is 93.8 Å². The normalized spacial score (nSPS) is 16.1. The van der Waals surface area contributed by atoms with Crippen molar-refractivity contribution in [3.8, 4) is 0 Å². The zero-order chi connectivity index (χ0) is 21.2. The van der Waals surface area contributed by atoms with Gasteiger partial charge in [-0.05, 0) is 47.0 Å². The molecule has 31 heavy (non-hydrogen) atoms. The first-order chi connectivity index (χ1) is 15.2. The fourth-order valence-corrected chi connectivity index (χ4v) is 4.97. The lowest BCUT2D eigenvalue weighted by atomic mass is 10.0. The van der Waals surface area contributed by atoms with Crippen LogP contribution in [0, 0.1) is 0 Å². The number of para-hydroxylation sites is 1. The number of amides is 2. The zero-order valence-corrected chi connectivity index (χ0v) is 17.7. The minimum atomic E-state index is -0.665. The van der Waals surface area contributed by atoms with Gasteiger partial charge in [0.05, 0.1) is 10.9 Å². The molecule has 0 saturated carbocycles. The lowest BCUT2D eigenvalue weighted by Crippen LogP contribution is -2.48. The van der Waals surface area contributed by atoms with E-state index < -0.39 is 6.04 Å². The van der Waals surface area contributed by atoms with Gasteiger partial charge in [-0.15, -0.1) is 11.3 Å². The second-order valence-electron chi connectivity index (χ2n) is 7.87. The second kappa shape index (κ2) is 8.40. The second-order valence-corrected chi connectivity index (χ2v) is 8.81. The number of rotatable bonds is 6. The molecule has 6 heteroatoms. The molecule has 3 N–H and O–H groups in total. The van der Waals surface area contributed by atoms with Crippen LogP contribution in [0.15, 0.2) is 72.2 Å². The van der Waals surface area contributed by atoms with Crippen LogP contribution in [0.4, 0.5) is 0 Å². The molecule has 2 heterocycles. The van der Waals surface area contributed by atoms with E-state index in [4.69, 9.17) is 0 Å². The number of nitrogens with one attached hydrogen (secondary N) is 3. The Balaban J connectivity index is 1.39. The number of hydrogen-bond acceptors (Lipinski definition) is 3. The van der Waals surface area contributed by atoms with Gasteiger partial charge in [0.1, 0.15) is 6.04 Å². The highest BCUT2D eigenvalue weighted by atomic mass is 32.1. The van der Waals surface area contributed by atoms with Crippen molar-refractivity contribution in [2.75, 3.05) is 0 Å². The molecule has 2 aromatic heterocycles. The molecule has 156 valence electrons. The Morgan fingerprint density at radius 3 is 2.77 bits per heavy atom. The number of aromatic amines is 1. The largest absolute Gasteiger partial charge is 0.361 e. The zero-order valence-electron chi connectivity index (χ0n) is 16.9. The van der Waals surface area contributed by atoms with Gasteiger partial charge in [0, 0.05) is 23.5 Å². The summed E-state index contributed by atoms with van der Waals surface area (Å²) in [6.45, 7) is 0. The molecule has 2 amide bonds. The predicted molar refractivity (Wildman–Crippen MR) is 123 cm³/mol. The van der Waals surface area contributed by atoms with E-state index >= 15 is 0 Å². The summed E-state index contributed by atoms with van der Waals surface area (Å²) in [6.07, 6.45) is 4.17. The first-order valence-electron chi connectivity index (χ1n) is 10.5. The first-order valence-corrected chi connectivity index (χ1v) is 11.3. The maximum absolute atomic E-state index is 13.3. The molecule has 1 aliphatic carbocycles. The first kappa shape index (κ1) is 19.6. The number of benzene rings is 2. The third kappa shape index (κ3) is 3.99. The molecule has 5 nitrogen and oxygen atoms in total. The Bertz CT molecular complexity index is 1230. The standard InChI is InChI=1S/C25H23N3O2S/c29-24(27-21-12-11-16-6-1-2-7-18(16)21)22(28-25(30)23-10-5-13-31-23)14-17-15-26-20-9-4-3-8-19(17)20/h1-10,13,15,21-22,26H,11-12,14H2,(H,27,29)(H,28,30)/t21?,22-/m0/s1. The molecule has 0 aliphatic heterocycles. The van der Waals surface area contributed by atoms with E-state index in [1.165, 1.54) is 22.5 Å². The summed E-state index contributed by atoms with van der Waals surface area (Å²) >= 11 is 1.37. The van der Waals surface area contributed by atoms with Crippen molar-refractivity contribution in [1.82, 2.24) is 15.6 Å². The molecular weight excluding hydrogens is 406 g/mol. The van der Waals surface area contributed by atoms with Crippen LogP contribution in [-0.4, -0.2) is 22.8 Å². The van der Waals surface area contributed by atoms with Gasteiger partial charge in [-0.1, -0.05) is 48.5 Å². The van der Waals surface area contributed by atoms with Gasteiger partial charge in [-0.3, -0.25) is 9.59 Å². The van der Waals surface area contributed by atoms with Gasteiger partial charge in [0.25, 0.3) is 5.91 Å². The van der Waals surface area contributed by atoms with Gasteiger partial charge >= 0.3 is 0 Å². The van der Waals surface area contributed by atoms with Gasteiger partial charge < -0.3 is 15.6 Å². The summed E-state index contributed by atoms with van der Waals surface area (Å²) in [7, 11) is 0. The van der Waals surface area contributed by atoms with Crippen molar-refractivity contribution >= 4 is 34.1 Å². The number of hydrogen-bond donors (Lipinski definition) is 3. The summed E-state index contributed by atoms with van der Waals surface area (Å²) in [5, 5.41) is 9.08. The highest BCUT2D eigenvalue weighted by Crippen LogP contribution is 2.31. The quantitative estimate of drug-likeness (QED) is 0.426.